The van der Waals surface area contributed by atoms with Gasteiger partial charge in [0.2, 0.25) is 0 Å². The van der Waals surface area contributed by atoms with Gasteiger partial charge in [-0.3, -0.25) is 14.4 Å². The summed E-state index contributed by atoms with van der Waals surface area (Å²) in [5.41, 5.74) is -1.56. The fraction of sp³-hybridized carbons (Fsp3) is 0.850. The van der Waals surface area contributed by atoms with Gasteiger partial charge in [-0.2, -0.15) is 0 Å². The van der Waals surface area contributed by atoms with E-state index >= 15 is 0 Å². The zero-order valence-corrected chi connectivity index (χ0v) is 17.6. The van der Waals surface area contributed by atoms with Crippen LogP contribution in [0.4, 0.5) is 0 Å². The molecule has 0 aliphatic carbocycles. The summed E-state index contributed by atoms with van der Waals surface area (Å²) >= 11 is 0. The molecule has 0 spiro atoms. The van der Waals surface area contributed by atoms with E-state index < -0.39 is 40.9 Å². The third kappa shape index (κ3) is 9.78. The van der Waals surface area contributed by atoms with Crippen LogP contribution in [0, 0.1) is 11.8 Å². The number of unbranched alkanes of at least 4 members (excludes halogenated alkanes) is 2. The normalized spacial score (nSPS) is 13.3. The van der Waals surface area contributed by atoms with Crippen LogP contribution in [0.3, 0.4) is 0 Å². The molecule has 1 unspecified atom stereocenters. The van der Waals surface area contributed by atoms with Crippen molar-refractivity contribution in [3.8, 4) is 0 Å². The third-order valence-electron chi connectivity index (χ3n) is 3.43. The minimum Gasteiger partial charge on any atom is -0.466 e. The van der Waals surface area contributed by atoms with Gasteiger partial charge in [0.1, 0.15) is 11.2 Å². The van der Waals surface area contributed by atoms with Crippen LogP contribution in [-0.2, 0) is 28.6 Å². The molecule has 1 atom stereocenters. The number of esters is 3. The predicted molar refractivity (Wildman–Crippen MR) is 99.4 cm³/mol. The molecule has 6 heteroatoms. The lowest BCUT2D eigenvalue weighted by atomic mass is 9.87. The fourth-order valence-electron chi connectivity index (χ4n) is 2.44. The van der Waals surface area contributed by atoms with Crippen LogP contribution in [0.2, 0.25) is 0 Å². The minimum absolute atomic E-state index is 0.179. The van der Waals surface area contributed by atoms with Crippen molar-refractivity contribution in [2.45, 2.75) is 92.3 Å². The predicted octanol–water partition coefficient (Wildman–Crippen LogP) is 4.05. The molecule has 0 radical (unpaired) electrons. The number of carbonyl (C=O) groups excluding carboxylic acids is 3. The smallest absolute Gasteiger partial charge is 0.321 e. The number of hydrogen-bond acceptors (Lipinski definition) is 6. The molecule has 0 saturated heterocycles. The molecule has 0 aromatic rings. The molecule has 0 bridgehead atoms. The van der Waals surface area contributed by atoms with Crippen LogP contribution in [0.1, 0.15) is 81.1 Å². The summed E-state index contributed by atoms with van der Waals surface area (Å²) in [4.78, 5) is 38.0. The van der Waals surface area contributed by atoms with Gasteiger partial charge in [0.15, 0.2) is 5.92 Å². The van der Waals surface area contributed by atoms with Crippen molar-refractivity contribution in [3.05, 3.63) is 0 Å². The highest BCUT2D eigenvalue weighted by molar-refractivity contribution is 5.99. The molecule has 0 amide bonds. The van der Waals surface area contributed by atoms with Gasteiger partial charge in [-0.05, 0) is 54.9 Å². The highest BCUT2D eigenvalue weighted by Gasteiger charge is 2.44. The summed E-state index contributed by atoms with van der Waals surface area (Å²) in [5, 5.41) is 0. The second kappa shape index (κ2) is 10.5. The van der Waals surface area contributed by atoms with E-state index in [1.165, 1.54) is 0 Å². The number of ether oxygens (including phenoxy) is 3. The molecule has 0 fully saturated rings. The molecule has 0 aromatic heterocycles. The first-order valence-electron chi connectivity index (χ1n) is 9.44. The molecule has 152 valence electrons. The lowest BCUT2D eigenvalue weighted by Crippen LogP contribution is -2.43. The summed E-state index contributed by atoms with van der Waals surface area (Å²) in [5.74, 6) is -4.30. The lowest BCUT2D eigenvalue weighted by molar-refractivity contribution is -0.182. The number of hydrogen-bond donors (Lipinski definition) is 0. The first-order valence-corrected chi connectivity index (χ1v) is 9.44. The van der Waals surface area contributed by atoms with Crippen molar-refractivity contribution in [2.75, 3.05) is 6.61 Å². The fourth-order valence-corrected chi connectivity index (χ4v) is 2.44. The topological polar surface area (TPSA) is 78.9 Å². The Morgan fingerprint density at radius 3 is 1.58 bits per heavy atom. The number of rotatable bonds is 9. The largest absolute Gasteiger partial charge is 0.466 e. The van der Waals surface area contributed by atoms with Gasteiger partial charge in [-0.15, -0.1) is 0 Å². The molecule has 26 heavy (non-hydrogen) atoms. The van der Waals surface area contributed by atoms with E-state index in [4.69, 9.17) is 14.2 Å². The van der Waals surface area contributed by atoms with Crippen molar-refractivity contribution >= 4 is 17.9 Å². The van der Waals surface area contributed by atoms with Gasteiger partial charge in [-0.1, -0.05) is 26.2 Å². The Morgan fingerprint density at radius 1 is 0.769 bits per heavy atom. The highest BCUT2D eigenvalue weighted by Crippen LogP contribution is 2.27. The Hall–Kier alpha value is -1.59. The first kappa shape index (κ1) is 24.4. The molecular formula is C20H36O6. The van der Waals surface area contributed by atoms with Gasteiger partial charge in [0.25, 0.3) is 0 Å². The van der Waals surface area contributed by atoms with E-state index in [2.05, 4.69) is 0 Å². The zero-order valence-electron chi connectivity index (χ0n) is 17.6. The van der Waals surface area contributed by atoms with Crippen molar-refractivity contribution in [3.63, 3.8) is 0 Å². The quantitative estimate of drug-likeness (QED) is 0.263. The van der Waals surface area contributed by atoms with Crippen molar-refractivity contribution in [2.24, 2.45) is 11.8 Å². The molecule has 0 saturated carbocycles. The van der Waals surface area contributed by atoms with Crippen LogP contribution in [0.5, 0.6) is 0 Å². The molecule has 6 nitrogen and oxygen atoms in total. The highest BCUT2D eigenvalue weighted by atomic mass is 16.6. The average Bonchev–Trinajstić information content (AvgIpc) is 2.42. The van der Waals surface area contributed by atoms with E-state index in [1.54, 1.807) is 48.5 Å². The van der Waals surface area contributed by atoms with E-state index in [1.807, 2.05) is 6.92 Å². The van der Waals surface area contributed by atoms with Gasteiger partial charge in [0.05, 0.1) is 12.5 Å². The average molecular weight is 373 g/mol. The van der Waals surface area contributed by atoms with Crippen molar-refractivity contribution < 1.29 is 28.6 Å². The third-order valence-corrected chi connectivity index (χ3v) is 3.43. The van der Waals surface area contributed by atoms with E-state index in [9.17, 15) is 14.4 Å². The summed E-state index contributed by atoms with van der Waals surface area (Å²) < 4.78 is 15.9. The van der Waals surface area contributed by atoms with Crippen molar-refractivity contribution in [1.82, 2.24) is 0 Å². The van der Waals surface area contributed by atoms with E-state index in [0.29, 0.717) is 12.8 Å². The standard InChI is InChI=1S/C20H36O6/c1-9-11-12-13-14(16(21)24-10-2)15(17(22)25-19(3,4)5)18(23)26-20(6,7)8/h14-15H,9-13H2,1-8H3. The van der Waals surface area contributed by atoms with Crippen LogP contribution in [0.25, 0.3) is 0 Å². The Bertz CT molecular complexity index is 442. The van der Waals surface area contributed by atoms with Gasteiger partial charge < -0.3 is 14.2 Å². The van der Waals surface area contributed by atoms with Crippen LogP contribution in [0.15, 0.2) is 0 Å². The van der Waals surface area contributed by atoms with Crippen LogP contribution in [-0.4, -0.2) is 35.7 Å². The van der Waals surface area contributed by atoms with Gasteiger partial charge in [-0.25, -0.2) is 0 Å². The number of carbonyl (C=O) groups is 3. The molecule has 0 N–H and O–H groups in total. The Labute approximate surface area is 157 Å². The molecular weight excluding hydrogens is 336 g/mol. The maximum Gasteiger partial charge on any atom is 0.321 e. The summed E-state index contributed by atoms with van der Waals surface area (Å²) in [6.45, 7) is 14.2. The van der Waals surface area contributed by atoms with E-state index in [-0.39, 0.29) is 6.61 Å². The first-order chi connectivity index (χ1) is 11.8. The summed E-state index contributed by atoms with van der Waals surface area (Å²) in [6, 6.07) is 0. The van der Waals surface area contributed by atoms with Gasteiger partial charge in [0, 0.05) is 0 Å². The lowest BCUT2D eigenvalue weighted by Gasteiger charge is -2.29. The van der Waals surface area contributed by atoms with Crippen LogP contribution < -0.4 is 0 Å². The second-order valence-corrected chi connectivity index (χ2v) is 8.40. The Kier molecular flexibility index (Phi) is 9.89. The van der Waals surface area contributed by atoms with Crippen LogP contribution >= 0.6 is 0 Å². The minimum atomic E-state index is -1.33. The Balaban J connectivity index is 5.71. The monoisotopic (exact) mass is 372 g/mol. The van der Waals surface area contributed by atoms with E-state index in [0.717, 1.165) is 12.8 Å². The summed E-state index contributed by atoms with van der Waals surface area (Å²) in [6.07, 6.45) is 2.93. The maximum absolute atomic E-state index is 12.7. The van der Waals surface area contributed by atoms with Gasteiger partial charge >= 0.3 is 17.9 Å². The second-order valence-electron chi connectivity index (χ2n) is 8.40. The Morgan fingerprint density at radius 2 is 1.23 bits per heavy atom. The molecule has 0 aliphatic heterocycles. The van der Waals surface area contributed by atoms with Crippen molar-refractivity contribution in [1.29, 1.82) is 0 Å². The molecule has 0 rings (SSSR count). The maximum atomic E-state index is 12.7. The molecule has 0 heterocycles. The zero-order chi connectivity index (χ0) is 20.5. The molecule has 0 aliphatic rings. The molecule has 0 aromatic carbocycles. The SMILES string of the molecule is CCCCCC(C(=O)OCC)C(C(=O)OC(C)(C)C)C(=O)OC(C)(C)C. The summed E-state index contributed by atoms with van der Waals surface area (Å²) in [7, 11) is 0.